The van der Waals surface area contributed by atoms with Crippen LogP contribution in [0.2, 0.25) is 0 Å². The fourth-order valence-electron chi connectivity index (χ4n) is 3.13. The fraction of sp³-hybridized carbons (Fsp3) is 0.0526. The Labute approximate surface area is 180 Å². The van der Waals surface area contributed by atoms with Crippen molar-refractivity contribution in [1.29, 1.82) is 0 Å². The van der Waals surface area contributed by atoms with Crippen molar-refractivity contribution in [2.24, 2.45) is 0 Å². The highest BCUT2D eigenvalue weighted by Gasteiger charge is 2.22. The SMILES string of the molecule is OC(Nc1cnc(Br)cn1)c1c(-c2ccc3occc3c2)nc2cnc(Br)cn12. The van der Waals surface area contributed by atoms with Crippen LogP contribution in [0.25, 0.3) is 27.9 Å². The van der Waals surface area contributed by atoms with Crippen molar-refractivity contribution in [2.45, 2.75) is 6.23 Å². The van der Waals surface area contributed by atoms with Gasteiger partial charge in [0.2, 0.25) is 0 Å². The zero-order valence-corrected chi connectivity index (χ0v) is 17.8. The molecule has 5 rings (SSSR count). The largest absolute Gasteiger partial charge is 0.464 e. The Kier molecular flexibility index (Phi) is 4.53. The molecule has 0 saturated heterocycles. The number of rotatable bonds is 4. The van der Waals surface area contributed by atoms with E-state index in [1.54, 1.807) is 29.3 Å². The van der Waals surface area contributed by atoms with E-state index in [4.69, 9.17) is 9.40 Å². The van der Waals surface area contributed by atoms with Crippen LogP contribution in [-0.2, 0) is 0 Å². The molecule has 0 amide bonds. The third-order valence-corrected chi connectivity index (χ3v) is 5.22. The molecule has 0 radical (unpaired) electrons. The van der Waals surface area contributed by atoms with Crippen LogP contribution in [0, 0.1) is 0 Å². The van der Waals surface area contributed by atoms with Crippen LogP contribution < -0.4 is 5.32 Å². The number of imidazole rings is 1. The van der Waals surface area contributed by atoms with Gasteiger partial charge in [-0.2, -0.15) is 0 Å². The smallest absolute Gasteiger partial charge is 0.169 e. The normalized spacial score (nSPS) is 12.5. The summed E-state index contributed by atoms with van der Waals surface area (Å²) in [5.41, 5.74) is 3.41. The number of nitrogens with zero attached hydrogens (tertiary/aromatic N) is 5. The number of hydrogen-bond donors (Lipinski definition) is 2. The molecule has 2 N–H and O–H groups in total. The zero-order chi connectivity index (χ0) is 20.0. The summed E-state index contributed by atoms with van der Waals surface area (Å²) in [5, 5.41) is 15.0. The quantitative estimate of drug-likeness (QED) is 0.338. The lowest BCUT2D eigenvalue weighted by Gasteiger charge is -2.15. The van der Waals surface area contributed by atoms with Crippen LogP contribution >= 0.6 is 31.9 Å². The number of anilines is 1. The molecule has 1 atom stereocenters. The van der Waals surface area contributed by atoms with E-state index in [-0.39, 0.29) is 0 Å². The number of aliphatic hydroxyl groups is 1. The van der Waals surface area contributed by atoms with Gasteiger partial charge >= 0.3 is 0 Å². The Morgan fingerprint density at radius 3 is 2.72 bits per heavy atom. The lowest BCUT2D eigenvalue weighted by Crippen LogP contribution is -2.14. The summed E-state index contributed by atoms with van der Waals surface area (Å²) in [6.07, 6.45) is 7.03. The van der Waals surface area contributed by atoms with Crippen molar-refractivity contribution in [2.75, 3.05) is 5.32 Å². The molecule has 0 bridgehead atoms. The molecule has 144 valence electrons. The highest BCUT2D eigenvalue weighted by atomic mass is 79.9. The lowest BCUT2D eigenvalue weighted by molar-refractivity contribution is 0.202. The van der Waals surface area contributed by atoms with Crippen molar-refractivity contribution in [1.82, 2.24) is 24.3 Å². The molecule has 0 aliphatic heterocycles. The summed E-state index contributed by atoms with van der Waals surface area (Å²) < 4.78 is 8.44. The Morgan fingerprint density at radius 2 is 1.90 bits per heavy atom. The highest BCUT2D eigenvalue weighted by molar-refractivity contribution is 9.10. The Morgan fingerprint density at radius 1 is 1.03 bits per heavy atom. The molecule has 29 heavy (non-hydrogen) atoms. The minimum absolute atomic E-state index is 0.431. The van der Waals surface area contributed by atoms with Crippen molar-refractivity contribution in [3.63, 3.8) is 0 Å². The summed E-state index contributed by atoms with van der Waals surface area (Å²) >= 11 is 6.63. The van der Waals surface area contributed by atoms with Gasteiger partial charge in [0, 0.05) is 17.1 Å². The van der Waals surface area contributed by atoms with E-state index in [0.29, 0.717) is 32.1 Å². The van der Waals surface area contributed by atoms with Gasteiger partial charge in [-0.25, -0.2) is 19.9 Å². The molecule has 0 saturated carbocycles. The molecule has 0 spiro atoms. The molecule has 5 aromatic rings. The van der Waals surface area contributed by atoms with Gasteiger partial charge in [-0.15, -0.1) is 0 Å². The Balaban J connectivity index is 1.66. The van der Waals surface area contributed by atoms with E-state index in [2.05, 4.69) is 52.1 Å². The summed E-state index contributed by atoms with van der Waals surface area (Å²) in [7, 11) is 0. The van der Waals surface area contributed by atoms with Gasteiger partial charge in [0.1, 0.15) is 20.6 Å². The van der Waals surface area contributed by atoms with Crippen molar-refractivity contribution in [3.8, 4) is 11.3 Å². The summed E-state index contributed by atoms with van der Waals surface area (Å²) in [4.78, 5) is 17.3. The van der Waals surface area contributed by atoms with Gasteiger partial charge in [0.25, 0.3) is 0 Å². The molecule has 1 aromatic carbocycles. The van der Waals surface area contributed by atoms with Crippen LogP contribution in [0.5, 0.6) is 0 Å². The molecule has 0 fully saturated rings. The van der Waals surface area contributed by atoms with E-state index in [1.165, 1.54) is 6.20 Å². The zero-order valence-electron chi connectivity index (χ0n) is 14.6. The number of halogens is 2. The van der Waals surface area contributed by atoms with E-state index >= 15 is 0 Å². The standard InChI is InChI=1S/C19H12Br2N6O2/c20-13-6-24-15(7-22-13)25-19(28)18-17(26-16-8-23-14(21)9-27(16)18)11-1-2-12-10(5-11)3-4-29-12/h1-9,19,28H,(H,24,25). The van der Waals surface area contributed by atoms with E-state index < -0.39 is 6.23 Å². The lowest BCUT2D eigenvalue weighted by atomic mass is 10.1. The maximum Gasteiger partial charge on any atom is 0.169 e. The minimum Gasteiger partial charge on any atom is -0.464 e. The third-order valence-electron chi connectivity index (χ3n) is 4.40. The molecule has 10 heteroatoms. The van der Waals surface area contributed by atoms with Crippen LogP contribution in [0.1, 0.15) is 11.9 Å². The average molecular weight is 516 g/mol. The van der Waals surface area contributed by atoms with Crippen molar-refractivity contribution >= 4 is 54.3 Å². The Bertz CT molecular complexity index is 1330. The number of aliphatic hydroxyl groups excluding tert-OH is 1. The average Bonchev–Trinajstić information content (AvgIpc) is 3.33. The molecule has 1 unspecified atom stereocenters. The first-order valence-corrected chi connectivity index (χ1v) is 10.1. The van der Waals surface area contributed by atoms with Crippen LogP contribution in [0.15, 0.2) is 68.9 Å². The minimum atomic E-state index is -1.09. The monoisotopic (exact) mass is 514 g/mol. The predicted molar refractivity (Wildman–Crippen MR) is 114 cm³/mol. The molecule has 8 nitrogen and oxygen atoms in total. The van der Waals surface area contributed by atoms with Crippen molar-refractivity contribution < 1.29 is 9.52 Å². The van der Waals surface area contributed by atoms with Gasteiger partial charge in [0.05, 0.1) is 36.2 Å². The first kappa shape index (κ1) is 18.2. The number of furan rings is 1. The molecule has 0 aliphatic rings. The second kappa shape index (κ2) is 7.21. The van der Waals surface area contributed by atoms with E-state index in [0.717, 1.165) is 16.5 Å². The second-order valence-electron chi connectivity index (χ2n) is 6.23. The van der Waals surface area contributed by atoms with Crippen LogP contribution in [0.3, 0.4) is 0 Å². The van der Waals surface area contributed by atoms with Gasteiger partial charge < -0.3 is 14.8 Å². The summed E-state index contributed by atoms with van der Waals surface area (Å²) in [6.45, 7) is 0. The van der Waals surface area contributed by atoms with Crippen LogP contribution in [-0.4, -0.2) is 29.4 Å². The van der Waals surface area contributed by atoms with Gasteiger partial charge in [-0.1, -0.05) is 0 Å². The molecular weight excluding hydrogens is 504 g/mol. The molecular formula is C19H12Br2N6O2. The maximum absolute atomic E-state index is 11.0. The van der Waals surface area contributed by atoms with Gasteiger partial charge in [0.15, 0.2) is 11.9 Å². The molecule has 4 heterocycles. The third kappa shape index (κ3) is 3.39. The number of fused-ring (bicyclic) bond motifs is 2. The number of benzene rings is 1. The summed E-state index contributed by atoms with van der Waals surface area (Å²) in [6, 6.07) is 7.65. The predicted octanol–water partition coefficient (Wildman–Crippen LogP) is 4.56. The topological polar surface area (TPSA) is 101 Å². The number of nitrogens with one attached hydrogen (secondary N) is 1. The van der Waals surface area contributed by atoms with Gasteiger partial charge in [-0.05, 0) is 56.1 Å². The number of hydrogen-bond acceptors (Lipinski definition) is 7. The second-order valence-corrected chi connectivity index (χ2v) is 7.85. The van der Waals surface area contributed by atoms with Crippen molar-refractivity contribution in [3.05, 3.63) is 70.2 Å². The highest BCUT2D eigenvalue weighted by Crippen LogP contribution is 2.32. The molecule has 4 aromatic heterocycles. The van der Waals surface area contributed by atoms with Gasteiger partial charge in [-0.3, -0.25) is 4.40 Å². The number of aromatic nitrogens is 5. The molecule has 0 aliphatic carbocycles. The van der Waals surface area contributed by atoms with E-state index in [9.17, 15) is 5.11 Å². The summed E-state index contributed by atoms with van der Waals surface area (Å²) in [5.74, 6) is 0.431. The first-order chi connectivity index (χ1) is 14.1. The Hall–Kier alpha value is -2.82. The first-order valence-electron chi connectivity index (χ1n) is 8.52. The van der Waals surface area contributed by atoms with E-state index in [1.807, 2.05) is 24.3 Å². The maximum atomic E-state index is 11.0. The van der Waals surface area contributed by atoms with Crippen LogP contribution in [0.4, 0.5) is 5.82 Å². The fourth-order valence-corrected chi connectivity index (χ4v) is 3.64.